The third kappa shape index (κ3) is 4.42. The van der Waals surface area contributed by atoms with Gasteiger partial charge in [-0.05, 0) is 12.1 Å². The lowest BCUT2D eigenvalue weighted by Crippen LogP contribution is -2.51. The van der Waals surface area contributed by atoms with Crippen molar-refractivity contribution in [3.63, 3.8) is 0 Å². The minimum Gasteiger partial charge on any atom is -0.480 e. The van der Waals surface area contributed by atoms with Gasteiger partial charge in [0, 0.05) is 11.7 Å². The number of carboxylic acids is 2. The minimum absolute atomic E-state index is 0.0909. The molecule has 26 heavy (non-hydrogen) atoms. The van der Waals surface area contributed by atoms with Gasteiger partial charge in [0.05, 0.1) is 6.26 Å². The number of aliphatic imine (C=N–C) groups is 1. The van der Waals surface area contributed by atoms with Gasteiger partial charge >= 0.3 is 11.9 Å². The molecule has 0 fully saturated rings. The third-order valence-electron chi connectivity index (χ3n) is 3.46. The number of amides is 1. The van der Waals surface area contributed by atoms with Crippen LogP contribution in [0.4, 0.5) is 0 Å². The summed E-state index contributed by atoms with van der Waals surface area (Å²) in [6.45, 7) is 1.69. The van der Waals surface area contributed by atoms with Crippen molar-refractivity contribution in [2.75, 3.05) is 12.9 Å². The number of carboxylic acid groups (broad SMARTS) is 2. The molecule has 2 heterocycles. The van der Waals surface area contributed by atoms with Crippen molar-refractivity contribution >= 4 is 41.0 Å². The molecule has 0 saturated heterocycles. The van der Waals surface area contributed by atoms with Gasteiger partial charge in [-0.1, -0.05) is 12.1 Å². The average molecular weight is 383 g/mol. The van der Waals surface area contributed by atoms with Gasteiger partial charge in [-0.2, -0.15) is 0 Å². The highest BCUT2D eigenvalue weighted by atomic mass is 32.2. The molecular formula is C15H17N3O7S. The summed E-state index contributed by atoms with van der Waals surface area (Å²) < 4.78 is 5.09. The average Bonchev–Trinajstić information content (AvgIpc) is 3.11. The van der Waals surface area contributed by atoms with E-state index < -0.39 is 29.3 Å². The Morgan fingerprint density at radius 3 is 2.73 bits per heavy atom. The molecule has 3 N–H and O–H groups in total. The molecule has 0 saturated carbocycles. The molecule has 1 aromatic heterocycles. The molecule has 10 nitrogen and oxygen atoms in total. The molecule has 140 valence electrons. The maximum absolute atomic E-state index is 12.4. The largest absolute Gasteiger partial charge is 0.480 e. The Labute approximate surface area is 152 Å². The number of furan rings is 1. The van der Waals surface area contributed by atoms with E-state index in [-0.39, 0.29) is 23.1 Å². The van der Waals surface area contributed by atoms with Crippen molar-refractivity contribution in [2.24, 2.45) is 16.1 Å². The molecule has 0 radical (unpaired) electrons. The zero-order chi connectivity index (χ0) is 19.3. The molecule has 0 aliphatic carbocycles. The van der Waals surface area contributed by atoms with Crippen LogP contribution < -0.4 is 5.32 Å². The predicted molar refractivity (Wildman–Crippen MR) is 92.3 cm³/mol. The molecular weight excluding hydrogens is 366 g/mol. The monoisotopic (exact) mass is 383 g/mol. The standard InChI is InChI=1S/C15H17N3O7S/c1-7-6-26-13(17-9(7)14(20)21)11(15(22)23)16-12(19)10(18-24-2)8-4-3-5-25-8/h3-5,7,11,13H,6H2,1-2H3,(H,16,19)(H,20,21)(H,22,23)/b18-10-/t7-,11-,13+/m0/s1. The molecule has 0 aromatic carbocycles. The maximum atomic E-state index is 12.4. The Morgan fingerprint density at radius 2 is 2.19 bits per heavy atom. The molecule has 1 aliphatic heterocycles. The zero-order valence-corrected chi connectivity index (χ0v) is 14.7. The minimum atomic E-state index is -1.45. The van der Waals surface area contributed by atoms with Crippen LogP contribution in [0.25, 0.3) is 0 Å². The fourth-order valence-electron chi connectivity index (χ4n) is 2.23. The summed E-state index contributed by atoms with van der Waals surface area (Å²) in [6.07, 6.45) is 1.32. The first kappa shape index (κ1) is 19.5. The summed E-state index contributed by atoms with van der Waals surface area (Å²) in [5.41, 5.74) is -0.369. The van der Waals surface area contributed by atoms with Crippen LogP contribution in [0.15, 0.2) is 33.0 Å². The number of carbonyl (C=O) groups excluding carboxylic acids is 1. The Balaban J connectivity index is 2.25. The fraction of sp³-hybridized carbons (Fsp3) is 0.400. The summed E-state index contributed by atoms with van der Waals surface area (Å²) in [5, 5.41) is 23.5. The van der Waals surface area contributed by atoms with Crippen molar-refractivity contribution in [3.8, 4) is 0 Å². The SMILES string of the molecule is CO/N=C(\C(=O)N[C@H](C(=O)O)[C@@H]1N=C(C(=O)O)[C@@H](C)CS1)c1ccco1. The summed E-state index contributed by atoms with van der Waals surface area (Å²) in [5.74, 6) is -3.28. The first-order valence-corrected chi connectivity index (χ1v) is 8.51. The van der Waals surface area contributed by atoms with Gasteiger partial charge in [0.25, 0.3) is 5.91 Å². The van der Waals surface area contributed by atoms with Crippen molar-refractivity contribution < 1.29 is 33.9 Å². The van der Waals surface area contributed by atoms with E-state index in [0.717, 1.165) is 11.8 Å². The molecule has 0 bridgehead atoms. The van der Waals surface area contributed by atoms with Crippen LogP contribution in [0, 0.1) is 5.92 Å². The molecule has 1 aromatic rings. The van der Waals surface area contributed by atoms with Crippen LogP contribution in [0.5, 0.6) is 0 Å². The van der Waals surface area contributed by atoms with Crippen molar-refractivity contribution in [3.05, 3.63) is 24.2 Å². The Hall–Kier alpha value is -2.82. The number of oxime groups is 1. The normalized spacial score (nSPS) is 21.5. The second kappa shape index (κ2) is 8.52. The first-order valence-electron chi connectivity index (χ1n) is 7.46. The Bertz CT molecular complexity index is 744. The summed E-state index contributed by atoms with van der Waals surface area (Å²) in [7, 11) is 1.23. The van der Waals surface area contributed by atoms with E-state index in [1.807, 2.05) is 0 Å². The highest BCUT2D eigenvalue weighted by Gasteiger charge is 2.36. The molecule has 0 unspecified atom stereocenters. The Morgan fingerprint density at radius 1 is 1.46 bits per heavy atom. The predicted octanol–water partition coefficient (Wildman–Crippen LogP) is 0.434. The quantitative estimate of drug-likeness (QED) is 0.453. The zero-order valence-electron chi connectivity index (χ0n) is 13.9. The molecule has 3 atom stereocenters. The summed E-state index contributed by atoms with van der Waals surface area (Å²) in [6, 6.07) is 1.54. The smallest absolute Gasteiger partial charge is 0.350 e. The summed E-state index contributed by atoms with van der Waals surface area (Å²) in [4.78, 5) is 43.9. The Kier molecular flexibility index (Phi) is 6.39. The lowest BCUT2D eigenvalue weighted by molar-refractivity contribution is -0.141. The number of nitrogens with zero attached hydrogens (tertiary/aromatic N) is 2. The van der Waals surface area contributed by atoms with E-state index in [0.29, 0.717) is 5.75 Å². The van der Waals surface area contributed by atoms with Gasteiger partial charge < -0.3 is 24.8 Å². The number of nitrogens with one attached hydrogen (secondary N) is 1. The third-order valence-corrected chi connectivity index (χ3v) is 4.87. The maximum Gasteiger partial charge on any atom is 0.350 e. The molecule has 2 rings (SSSR count). The van der Waals surface area contributed by atoms with Crippen molar-refractivity contribution in [1.82, 2.24) is 5.32 Å². The van der Waals surface area contributed by atoms with E-state index in [1.165, 1.54) is 25.5 Å². The van der Waals surface area contributed by atoms with Crippen LogP contribution in [-0.2, 0) is 19.2 Å². The van der Waals surface area contributed by atoms with Crippen LogP contribution in [0.1, 0.15) is 12.7 Å². The number of aliphatic carboxylic acids is 2. The van der Waals surface area contributed by atoms with Crippen LogP contribution in [-0.4, -0.2) is 63.8 Å². The fourth-order valence-corrected chi connectivity index (χ4v) is 3.44. The first-order chi connectivity index (χ1) is 12.3. The van der Waals surface area contributed by atoms with Crippen molar-refractivity contribution in [1.29, 1.82) is 0 Å². The van der Waals surface area contributed by atoms with E-state index in [2.05, 4.69) is 20.3 Å². The van der Waals surface area contributed by atoms with Crippen LogP contribution in [0.3, 0.4) is 0 Å². The van der Waals surface area contributed by atoms with Crippen molar-refractivity contribution in [2.45, 2.75) is 18.3 Å². The highest BCUT2D eigenvalue weighted by molar-refractivity contribution is 8.00. The van der Waals surface area contributed by atoms with Gasteiger partial charge in [-0.15, -0.1) is 11.8 Å². The number of hydrogen-bond donors (Lipinski definition) is 3. The van der Waals surface area contributed by atoms with Gasteiger partial charge in [0.1, 0.15) is 18.2 Å². The molecule has 0 spiro atoms. The lowest BCUT2D eigenvalue weighted by atomic mass is 10.1. The lowest BCUT2D eigenvalue weighted by Gasteiger charge is -2.27. The topological polar surface area (TPSA) is 151 Å². The van der Waals surface area contributed by atoms with Crippen LogP contribution in [0.2, 0.25) is 0 Å². The molecule has 1 aliphatic rings. The molecule has 1 amide bonds. The second-order valence-electron chi connectivity index (χ2n) is 5.33. The molecule has 11 heteroatoms. The van der Waals surface area contributed by atoms with Gasteiger partial charge in [-0.25, -0.2) is 9.59 Å². The van der Waals surface area contributed by atoms with E-state index in [9.17, 15) is 24.6 Å². The highest BCUT2D eigenvalue weighted by Crippen LogP contribution is 2.26. The number of hydrogen-bond acceptors (Lipinski definition) is 8. The number of rotatable bonds is 7. The van der Waals surface area contributed by atoms with E-state index in [1.54, 1.807) is 6.92 Å². The van der Waals surface area contributed by atoms with E-state index >= 15 is 0 Å². The van der Waals surface area contributed by atoms with Gasteiger partial charge in [0.2, 0.25) is 5.71 Å². The van der Waals surface area contributed by atoms with Gasteiger partial charge in [-0.3, -0.25) is 9.79 Å². The second-order valence-corrected chi connectivity index (χ2v) is 6.48. The van der Waals surface area contributed by atoms with E-state index in [4.69, 9.17) is 4.42 Å². The number of thioether (sulfide) groups is 1. The van der Waals surface area contributed by atoms with Gasteiger partial charge in [0.15, 0.2) is 11.8 Å². The number of carbonyl (C=O) groups is 3. The summed E-state index contributed by atoms with van der Waals surface area (Å²) >= 11 is 1.15. The van der Waals surface area contributed by atoms with Crippen LogP contribution >= 0.6 is 11.8 Å².